The average molecular weight is 335 g/mol. The van der Waals surface area contributed by atoms with Gasteiger partial charge in [-0.2, -0.15) is 0 Å². The van der Waals surface area contributed by atoms with Gasteiger partial charge in [0.2, 0.25) is 0 Å². The van der Waals surface area contributed by atoms with E-state index >= 15 is 0 Å². The smallest absolute Gasteiger partial charge is 0.146 e. The second-order valence-electron chi connectivity index (χ2n) is 3.83. The minimum Gasteiger partial charge on any atom is -0.369 e. The Labute approximate surface area is 111 Å². The molecular weight excluding hydrogens is 316 g/mol. The molecule has 90 valence electrons. The molecule has 1 heterocycles. The van der Waals surface area contributed by atoms with Gasteiger partial charge in [0.25, 0.3) is 0 Å². The van der Waals surface area contributed by atoms with E-state index in [0.29, 0.717) is 0 Å². The van der Waals surface area contributed by atoms with Crippen molar-refractivity contribution in [3.05, 3.63) is 29.6 Å². The van der Waals surface area contributed by atoms with Crippen molar-refractivity contribution in [1.82, 2.24) is 0 Å². The summed E-state index contributed by atoms with van der Waals surface area (Å²) in [6, 6.07) is 5.45. The highest BCUT2D eigenvalue weighted by molar-refractivity contribution is 14.1. The van der Waals surface area contributed by atoms with Crippen molar-refractivity contribution in [2.75, 3.05) is 22.9 Å². The third-order valence-electron chi connectivity index (χ3n) is 2.87. The predicted molar refractivity (Wildman–Crippen MR) is 77.2 cm³/mol. The summed E-state index contributed by atoms with van der Waals surface area (Å²) in [5, 5.41) is 0. The van der Waals surface area contributed by atoms with E-state index in [1.165, 1.54) is 18.4 Å². The molecule has 1 aromatic carbocycles. The number of hydrogen-bond acceptors (Lipinski definition) is 1. The van der Waals surface area contributed by atoms with Crippen molar-refractivity contribution in [1.29, 1.82) is 0 Å². The van der Waals surface area contributed by atoms with E-state index in [0.717, 1.165) is 25.2 Å². The van der Waals surface area contributed by atoms with Gasteiger partial charge in [0.15, 0.2) is 0 Å². The van der Waals surface area contributed by atoms with Crippen LogP contribution in [0.15, 0.2) is 18.2 Å². The molecule has 1 nitrogen and oxygen atoms in total. The van der Waals surface area contributed by atoms with E-state index in [-0.39, 0.29) is 5.82 Å². The zero-order chi connectivity index (χ0) is 12.0. The van der Waals surface area contributed by atoms with Crippen LogP contribution in [0.25, 0.3) is 0 Å². The van der Waals surface area contributed by atoms with E-state index in [2.05, 4.69) is 34.4 Å². The molecule has 0 bridgehead atoms. The zero-order valence-electron chi connectivity index (χ0n) is 9.97. The molecule has 0 spiro atoms. The topological polar surface area (TPSA) is 3.24 Å². The Morgan fingerprint density at radius 3 is 2.44 bits per heavy atom. The Morgan fingerprint density at radius 1 is 1.25 bits per heavy atom. The molecule has 0 aliphatic carbocycles. The van der Waals surface area contributed by atoms with Crippen molar-refractivity contribution in [3.8, 4) is 0 Å². The van der Waals surface area contributed by atoms with Gasteiger partial charge in [-0.15, -0.1) is 0 Å². The summed E-state index contributed by atoms with van der Waals surface area (Å²) in [6.45, 7) is 4.11. The van der Waals surface area contributed by atoms with Crippen LogP contribution in [-0.2, 0) is 6.42 Å². The summed E-state index contributed by atoms with van der Waals surface area (Å²) >= 11 is 2.15. The molecule has 0 aromatic heterocycles. The van der Waals surface area contributed by atoms with Crippen LogP contribution in [0.1, 0.15) is 25.3 Å². The molecular formula is C13H19FIN. The molecule has 1 aromatic rings. The van der Waals surface area contributed by atoms with E-state index in [4.69, 9.17) is 0 Å². The number of hydrogen-bond donors (Lipinski definition) is 0. The van der Waals surface area contributed by atoms with E-state index < -0.39 is 0 Å². The van der Waals surface area contributed by atoms with Crippen LogP contribution >= 0.6 is 22.6 Å². The Hall–Kier alpha value is -0.320. The minimum absolute atomic E-state index is 0.0795. The van der Waals surface area contributed by atoms with Crippen LogP contribution in [0.2, 0.25) is 0 Å². The lowest BCUT2D eigenvalue weighted by atomic mass is 10.1. The van der Waals surface area contributed by atoms with Crippen LogP contribution in [0.3, 0.4) is 0 Å². The van der Waals surface area contributed by atoms with Crippen LogP contribution in [0.5, 0.6) is 0 Å². The maximum Gasteiger partial charge on any atom is 0.146 e. The molecule has 1 fully saturated rings. The third-order valence-corrected chi connectivity index (χ3v) is 2.87. The molecule has 2 rings (SSSR count). The number of aryl methyl sites for hydroxylation is 1. The quantitative estimate of drug-likeness (QED) is 0.582. The van der Waals surface area contributed by atoms with Crippen LogP contribution in [0, 0.1) is 5.82 Å². The SMILES string of the molecule is CCc1ccc(F)c(N2CCCC2)c1.CI. The first kappa shape index (κ1) is 13.7. The number of benzene rings is 1. The summed E-state index contributed by atoms with van der Waals surface area (Å²) in [4.78, 5) is 4.12. The van der Waals surface area contributed by atoms with Crippen molar-refractivity contribution in [2.45, 2.75) is 26.2 Å². The number of nitrogens with zero attached hydrogens (tertiary/aromatic N) is 1. The van der Waals surface area contributed by atoms with Gasteiger partial charge in [-0.1, -0.05) is 35.6 Å². The molecule has 0 radical (unpaired) electrons. The lowest BCUT2D eigenvalue weighted by molar-refractivity contribution is 0.622. The fourth-order valence-corrected chi connectivity index (χ4v) is 1.98. The lowest BCUT2D eigenvalue weighted by Gasteiger charge is -2.18. The third kappa shape index (κ3) is 3.34. The molecule has 0 saturated carbocycles. The predicted octanol–water partition coefficient (Wildman–Crippen LogP) is 4.04. The summed E-state index contributed by atoms with van der Waals surface area (Å²) in [7, 11) is 0. The maximum absolute atomic E-state index is 13.5. The number of halogens is 2. The average Bonchev–Trinajstić information content (AvgIpc) is 2.86. The highest BCUT2D eigenvalue weighted by Crippen LogP contribution is 2.24. The molecule has 0 atom stereocenters. The largest absolute Gasteiger partial charge is 0.369 e. The summed E-state index contributed by atoms with van der Waals surface area (Å²) in [5.74, 6) is -0.0795. The number of anilines is 1. The van der Waals surface area contributed by atoms with Gasteiger partial charge in [-0.25, -0.2) is 4.39 Å². The minimum atomic E-state index is -0.0795. The van der Waals surface area contributed by atoms with Gasteiger partial charge in [0, 0.05) is 13.1 Å². The highest BCUT2D eigenvalue weighted by atomic mass is 127. The van der Waals surface area contributed by atoms with E-state index in [9.17, 15) is 4.39 Å². The van der Waals surface area contributed by atoms with Crippen LogP contribution < -0.4 is 4.90 Å². The Balaban J connectivity index is 0.000000606. The molecule has 1 aliphatic rings. The Kier molecular flexibility index (Phi) is 6.09. The molecule has 0 unspecified atom stereocenters. The molecule has 16 heavy (non-hydrogen) atoms. The molecule has 1 aliphatic heterocycles. The summed E-state index contributed by atoms with van der Waals surface area (Å²) in [5.41, 5.74) is 2.01. The van der Waals surface area contributed by atoms with Gasteiger partial charge in [0.05, 0.1) is 5.69 Å². The first-order chi connectivity index (χ1) is 7.81. The van der Waals surface area contributed by atoms with Gasteiger partial charge in [-0.05, 0) is 41.9 Å². The van der Waals surface area contributed by atoms with Crippen LogP contribution in [-0.4, -0.2) is 18.0 Å². The maximum atomic E-state index is 13.5. The Bertz CT molecular complexity index is 322. The van der Waals surface area contributed by atoms with Crippen LogP contribution in [0.4, 0.5) is 10.1 Å². The second-order valence-corrected chi connectivity index (χ2v) is 3.83. The first-order valence-corrected chi connectivity index (χ1v) is 7.88. The van der Waals surface area contributed by atoms with Crippen molar-refractivity contribution >= 4 is 28.3 Å². The molecule has 3 heteroatoms. The summed E-state index contributed by atoms with van der Waals surface area (Å²) < 4.78 is 13.5. The second kappa shape index (κ2) is 7.09. The monoisotopic (exact) mass is 335 g/mol. The zero-order valence-corrected chi connectivity index (χ0v) is 12.1. The van der Waals surface area contributed by atoms with Crippen molar-refractivity contribution in [3.63, 3.8) is 0 Å². The van der Waals surface area contributed by atoms with Gasteiger partial charge < -0.3 is 4.90 Å². The Morgan fingerprint density at radius 2 is 1.88 bits per heavy atom. The fraction of sp³-hybridized carbons (Fsp3) is 0.538. The van der Waals surface area contributed by atoms with E-state index in [1.54, 1.807) is 6.07 Å². The first-order valence-electron chi connectivity index (χ1n) is 5.72. The van der Waals surface area contributed by atoms with Gasteiger partial charge in [-0.3, -0.25) is 0 Å². The molecule has 0 N–H and O–H groups in total. The van der Waals surface area contributed by atoms with Crippen molar-refractivity contribution in [2.24, 2.45) is 0 Å². The number of rotatable bonds is 2. The summed E-state index contributed by atoms with van der Waals surface area (Å²) in [6.07, 6.45) is 3.35. The number of alkyl halides is 1. The highest BCUT2D eigenvalue weighted by Gasteiger charge is 2.15. The van der Waals surface area contributed by atoms with Gasteiger partial charge >= 0.3 is 0 Å². The standard InChI is InChI=1S/C12H16FN.CH3I/c1-2-10-5-6-11(13)12(9-10)14-7-3-4-8-14;1-2/h5-6,9H,2-4,7-8H2,1H3;1H3. The van der Waals surface area contributed by atoms with Gasteiger partial charge in [0.1, 0.15) is 5.82 Å². The lowest BCUT2D eigenvalue weighted by Crippen LogP contribution is -2.19. The normalized spacial score (nSPS) is 14.6. The van der Waals surface area contributed by atoms with Crippen molar-refractivity contribution < 1.29 is 4.39 Å². The van der Waals surface area contributed by atoms with E-state index in [1.807, 2.05) is 17.1 Å². The molecule has 0 amide bonds. The molecule has 1 saturated heterocycles. The fourth-order valence-electron chi connectivity index (χ4n) is 1.98.